The molecular formula is C18H25N3. The Kier molecular flexibility index (Phi) is 5.48. The van der Waals surface area contributed by atoms with Gasteiger partial charge in [-0.1, -0.05) is 36.8 Å². The zero-order valence-corrected chi connectivity index (χ0v) is 13.2. The van der Waals surface area contributed by atoms with Crippen LogP contribution in [0.5, 0.6) is 0 Å². The van der Waals surface area contributed by atoms with Crippen LogP contribution < -0.4 is 5.73 Å². The second-order valence-electron chi connectivity index (χ2n) is 5.60. The Bertz CT molecular complexity index is 536. The number of rotatable bonds is 6. The number of hydrogen-bond donors (Lipinski definition) is 1. The lowest BCUT2D eigenvalue weighted by molar-refractivity contribution is 0.185. The molecule has 0 aliphatic heterocycles. The molecule has 0 spiro atoms. The molecule has 1 aromatic heterocycles. The van der Waals surface area contributed by atoms with Gasteiger partial charge in [-0.15, -0.1) is 0 Å². The molecule has 0 radical (unpaired) electrons. The van der Waals surface area contributed by atoms with Crippen LogP contribution in [0, 0.1) is 6.92 Å². The molecule has 0 saturated heterocycles. The molecule has 3 heteroatoms. The van der Waals surface area contributed by atoms with Crippen LogP contribution in [0.3, 0.4) is 0 Å². The summed E-state index contributed by atoms with van der Waals surface area (Å²) in [5.74, 6) is 0. The zero-order chi connectivity index (χ0) is 15.2. The van der Waals surface area contributed by atoms with Crippen molar-refractivity contribution >= 4 is 0 Å². The van der Waals surface area contributed by atoms with E-state index in [9.17, 15) is 0 Å². The molecule has 2 atom stereocenters. The summed E-state index contributed by atoms with van der Waals surface area (Å²) in [7, 11) is 0. The Hall–Kier alpha value is -1.71. The van der Waals surface area contributed by atoms with Crippen molar-refractivity contribution in [1.29, 1.82) is 0 Å². The lowest BCUT2D eigenvalue weighted by Gasteiger charge is -2.32. The van der Waals surface area contributed by atoms with Crippen molar-refractivity contribution in [3.05, 3.63) is 65.5 Å². The maximum atomic E-state index is 6.46. The number of aryl methyl sites for hydroxylation is 1. The molecule has 0 bridgehead atoms. The second-order valence-corrected chi connectivity index (χ2v) is 5.60. The second kappa shape index (κ2) is 7.34. The monoisotopic (exact) mass is 283 g/mol. The van der Waals surface area contributed by atoms with Gasteiger partial charge in [-0.2, -0.15) is 0 Å². The van der Waals surface area contributed by atoms with E-state index in [1.54, 1.807) is 0 Å². The van der Waals surface area contributed by atoms with Gasteiger partial charge in [0.15, 0.2) is 0 Å². The molecule has 0 amide bonds. The Morgan fingerprint density at radius 2 is 1.71 bits per heavy atom. The highest BCUT2D eigenvalue weighted by Crippen LogP contribution is 2.20. The summed E-state index contributed by atoms with van der Waals surface area (Å²) < 4.78 is 0. The van der Waals surface area contributed by atoms with Gasteiger partial charge in [0.1, 0.15) is 0 Å². The molecule has 2 rings (SSSR count). The Labute approximate surface area is 127 Å². The van der Waals surface area contributed by atoms with Crippen molar-refractivity contribution in [2.75, 3.05) is 6.54 Å². The van der Waals surface area contributed by atoms with Crippen molar-refractivity contribution in [3.63, 3.8) is 0 Å². The summed E-state index contributed by atoms with van der Waals surface area (Å²) >= 11 is 0. The van der Waals surface area contributed by atoms with Gasteiger partial charge < -0.3 is 5.73 Å². The van der Waals surface area contributed by atoms with Crippen LogP contribution in [-0.2, 0) is 6.54 Å². The van der Waals surface area contributed by atoms with E-state index < -0.39 is 0 Å². The Morgan fingerprint density at radius 1 is 1.10 bits per heavy atom. The summed E-state index contributed by atoms with van der Waals surface area (Å²) in [4.78, 5) is 6.47. The number of nitrogens with two attached hydrogens (primary N) is 1. The molecule has 112 valence electrons. The topological polar surface area (TPSA) is 42.2 Å². The quantitative estimate of drug-likeness (QED) is 0.884. The van der Waals surface area contributed by atoms with Crippen LogP contribution in [-0.4, -0.2) is 22.5 Å². The van der Waals surface area contributed by atoms with Crippen LogP contribution in [0.15, 0.2) is 48.8 Å². The lowest BCUT2D eigenvalue weighted by Crippen LogP contribution is -2.40. The minimum absolute atomic E-state index is 0.0207. The van der Waals surface area contributed by atoms with Crippen molar-refractivity contribution in [1.82, 2.24) is 9.88 Å². The van der Waals surface area contributed by atoms with E-state index in [2.05, 4.69) is 67.1 Å². The van der Waals surface area contributed by atoms with E-state index in [1.807, 2.05) is 12.4 Å². The van der Waals surface area contributed by atoms with Gasteiger partial charge >= 0.3 is 0 Å². The summed E-state index contributed by atoms with van der Waals surface area (Å²) in [5.41, 5.74) is 10.2. The van der Waals surface area contributed by atoms with Gasteiger partial charge in [0.05, 0.1) is 0 Å². The molecule has 0 fully saturated rings. The predicted octanol–water partition coefficient (Wildman–Crippen LogP) is 3.30. The molecule has 21 heavy (non-hydrogen) atoms. The fourth-order valence-electron chi connectivity index (χ4n) is 2.56. The fraction of sp³-hybridized carbons (Fsp3) is 0.389. The highest BCUT2D eigenvalue weighted by molar-refractivity contribution is 5.25. The molecule has 0 aliphatic rings. The van der Waals surface area contributed by atoms with E-state index in [1.165, 1.54) is 16.7 Å². The van der Waals surface area contributed by atoms with E-state index in [-0.39, 0.29) is 12.1 Å². The van der Waals surface area contributed by atoms with Crippen molar-refractivity contribution in [3.8, 4) is 0 Å². The number of nitrogens with zero attached hydrogens (tertiary/aromatic N) is 2. The minimum Gasteiger partial charge on any atom is -0.323 e. The molecule has 2 unspecified atom stereocenters. The van der Waals surface area contributed by atoms with E-state index in [0.29, 0.717) is 0 Å². The molecular weight excluding hydrogens is 258 g/mol. The summed E-state index contributed by atoms with van der Waals surface area (Å²) in [6, 6.07) is 13.0. The normalized spacial score (nSPS) is 14.1. The standard InChI is InChI=1S/C18H25N3/c1-4-21(13-16-9-11-20-12-10-16)15(3)18(19)17-7-5-14(2)6-8-17/h5-12,15,18H,4,13,19H2,1-3H3. The zero-order valence-electron chi connectivity index (χ0n) is 13.2. The van der Waals surface area contributed by atoms with Gasteiger partial charge in [0, 0.05) is 31.0 Å². The number of benzene rings is 1. The molecule has 0 aliphatic carbocycles. The summed E-state index contributed by atoms with van der Waals surface area (Å²) in [6.07, 6.45) is 3.68. The average molecular weight is 283 g/mol. The van der Waals surface area contributed by atoms with Gasteiger partial charge in [-0.05, 0) is 43.7 Å². The summed E-state index contributed by atoms with van der Waals surface area (Å²) in [6.45, 7) is 8.36. The highest BCUT2D eigenvalue weighted by atomic mass is 15.2. The van der Waals surface area contributed by atoms with Gasteiger partial charge in [-0.25, -0.2) is 0 Å². The number of hydrogen-bond acceptors (Lipinski definition) is 3. The lowest BCUT2D eigenvalue weighted by atomic mass is 9.98. The molecule has 0 saturated carbocycles. The maximum absolute atomic E-state index is 6.46. The van der Waals surface area contributed by atoms with Crippen molar-refractivity contribution in [2.45, 2.75) is 39.4 Å². The molecule has 1 heterocycles. The average Bonchev–Trinajstić information content (AvgIpc) is 2.53. The molecule has 1 aromatic carbocycles. The maximum Gasteiger partial charge on any atom is 0.0450 e. The number of likely N-dealkylation sites (N-methyl/N-ethyl adjacent to an activating group) is 1. The van der Waals surface area contributed by atoms with Crippen molar-refractivity contribution in [2.24, 2.45) is 5.73 Å². The molecule has 3 nitrogen and oxygen atoms in total. The van der Waals surface area contributed by atoms with Crippen LogP contribution in [0.2, 0.25) is 0 Å². The first-order valence-electron chi connectivity index (χ1n) is 7.57. The fourth-order valence-corrected chi connectivity index (χ4v) is 2.56. The molecule has 2 aromatic rings. The van der Waals surface area contributed by atoms with E-state index in [0.717, 1.165) is 13.1 Å². The third kappa shape index (κ3) is 4.13. The van der Waals surface area contributed by atoms with E-state index in [4.69, 9.17) is 5.73 Å². The highest BCUT2D eigenvalue weighted by Gasteiger charge is 2.20. The van der Waals surface area contributed by atoms with Gasteiger partial charge in [-0.3, -0.25) is 9.88 Å². The van der Waals surface area contributed by atoms with Crippen LogP contribution in [0.25, 0.3) is 0 Å². The predicted molar refractivity (Wildman–Crippen MR) is 87.9 cm³/mol. The van der Waals surface area contributed by atoms with E-state index >= 15 is 0 Å². The Morgan fingerprint density at radius 3 is 2.29 bits per heavy atom. The first-order valence-corrected chi connectivity index (χ1v) is 7.57. The van der Waals surface area contributed by atoms with Crippen molar-refractivity contribution < 1.29 is 0 Å². The minimum atomic E-state index is 0.0207. The summed E-state index contributed by atoms with van der Waals surface area (Å²) in [5, 5.41) is 0. The first kappa shape index (κ1) is 15.7. The molecule has 2 N–H and O–H groups in total. The number of pyridine rings is 1. The van der Waals surface area contributed by atoms with Gasteiger partial charge in [0.25, 0.3) is 0 Å². The Balaban J connectivity index is 2.08. The van der Waals surface area contributed by atoms with Crippen LogP contribution >= 0.6 is 0 Å². The smallest absolute Gasteiger partial charge is 0.0450 e. The van der Waals surface area contributed by atoms with Gasteiger partial charge in [0.2, 0.25) is 0 Å². The van der Waals surface area contributed by atoms with Crippen LogP contribution in [0.1, 0.15) is 36.6 Å². The third-order valence-corrected chi connectivity index (χ3v) is 4.10. The number of aromatic nitrogens is 1. The first-order chi connectivity index (χ1) is 10.1. The van der Waals surface area contributed by atoms with Crippen LogP contribution in [0.4, 0.5) is 0 Å². The third-order valence-electron chi connectivity index (χ3n) is 4.10. The SMILES string of the molecule is CCN(Cc1ccncc1)C(C)C(N)c1ccc(C)cc1. The largest absolute Gasteiger partial charge is 0.323 e.